The van der Waals surface area contributed by atoms with Crippen LogP contribution in [0.25, 0.3) is 22.4 Å². The van der Waals surface area contributed by atoms with Crippen molar-refractivity contribution in [2.24, 2.45) is 5.92 Å². The fraction of sp³-hybridized carbons (Fsp3) is 0.312. The van der Waals surface area contributed by atoms with E-state index < -0.39 is 11.2 Å². The minimum Gasteiger partial charge on any atom is -0.492 e. The van der Waals surface area contributed by atoms with E-state index in [1.165, 1.54) is 0 Å². The van der Waals surface area contributed by atoms with E-state index in [4.69, 9.17) is 20.8 Å². The molecule has 7 heteroatoms. The predicted octanol–water partition coefficient (Wildman–Crippen LogP) is 3.06. The second kappa shape index (κ2) is 6.04. The van der Waals surface area contributed by atoms with Gasteiger partial charge in [-0.3, -0.25) is 9.78 Å². The summed E-state index contributed by atoms with van der Waals surface area (Å²) in [5.41, 5.74) is -0.773. The van der Waals surface area contributed by atoms with Crippen LogP contribution < -0.4 is 16.0 Å². The average molecular weight is 335 g/mol. The highest BCUT2D eigenvalue weighted by molar-refractivity contribution is 6.36. The molecule has 2 aliphatic rings. The van der Waals surface area contributed by atoms with E-state index in [2.05, 4.69) is 23.8 Å². The van der Waals surface area contributed by atoms with Gasteiger partial charge in [0, 0.05) is 5.39 Å². The van der Waals surface area contributed by atoms with Gasteiger partial charge in [-0.25, -0.2) is 4.79 Å². The number of halogens is 1. The van der Waals surface area contributed by atoms with Gasteiger partial charge in [0.1, 0.15) is 16.3 Å². The molecule has 6 nitrogen and oxygen atoms in total. The molecule has 1 aromatic rings. The predicted molar refractivity (Wildman–Crippen MR) is 87.5 cm³/mol. The maximum Gasteiger partial charge on any atom is 0.351 e. The first-order valence-electron chi connectivity index (χ1n) is 7.25. The van der Waals surface area contributed by atoms with E-state index >= 15 is 0 Å². The molecule has 2 aliphatic heterocycles. The molecule has 0 aromatic heterocycles. The molecule has 0 saturated carbocycles. The molecule has 3 rings (SSSR count). The lowest BCUT2D eigenvalue weighted by Crippen LogP contribution is -2.24. The summed E-state index contributed by atoms with van der Waals surface area (Å²) in [6.07, 6.45) is 0.902. The van der Waals surface area contributed by atoms with Gasteiger partial charge in [0.2, 0.25) is 5.89 Å². The van der Waals surface area contributed by atoms with Crippen LogP contribution in [0.4, 0.5) is 0 Å². The average Bonchev–Trinajstić information content (AvgIpc) is 2.48. The van der Waals surface area contributed by atoms with Crippen molar-refractivity contribution >= 4 is 22.6 Å². The molecule has 0 atom stereocenters. The Morgan fingerprint density at radius 1 is 1.35 bits per heavy atom. The Hall–Kier alpha value is -2.34. The summed E-state index contributed by atoms with van der Waals surface area (Å²) in [5.74, 6) is 0.969. The normalized spacial score (nSPS) is 11.5. The van der Waals surface area contributed by atoms with Crippen LogP contribution in [0.5, 0.6) is 5.75 Å². The smallest absolute Gasteiger partial charge is 0.351 e. The molecule has 0 aliphatic carbocycles. The van der Waals surface area contributed by atoms with E-state index in [1.807, 2.05) is 0 Å². The summed E-state index contributed by atoms with van der Waals surface area (Å²) < 4.78 is 11.2. The molecule has 0 spiro atoms. The van der Waals surface area contributed by atoms with Crippen LogP contribution in [0.3, 0.4) is 0 Å². The number of nitrogens with one attached hydrogen (secondary N) is 1. The summed E-state index contributed by atoms with van der Waals surface area (Å²) in [7, 11) is 0. The van der Waals surface area contributed by atoms with Gasteiger partial charge in [0.15, 0.2) is 5.58 Å². The first kappa shape index (κ1) is 15.6. The standard InChI is InChI=1S/C16H15ClN2O4/c1-8(2)5-6-22-11-4-3-9-7-10-14(20)18-16(21)19-15(10)23-13(9)12(11)17/h3-4,7-8H,5-6H2,1-2H3,(H,18,20,21). The van der Waals surface area contributed by atoms with E-state index in [1.54, 1.807) is 18.2 Å². The third kappa shape index (κ3) is 3.07. The number of hydrogen-bond donors (Lipinski definition) is 1. The molecule has 0 bridgehead atoms. The van der Waals surface area contributed by atoms with Crippen molar-refractivity contribution < 1.29 is 9.15 Å². The molecule has 0 amide bonds. The van der Waals surface area contributed by atoms with Gasteiger partial charge in [0.25, 0.3) is 5.56 Å². The SMILES string of the molecule is CC(C)CCOc1ccc2cc3c(=O)[nH]c(=O)nc-3oc2c1Cl. The van der Waals surface area contributed by atoms with Crippen molar-refractivity contribution in [3.05, 3.63) is 44.1 Å². The maximum atomic E-state index is 11.8. The maximum absolute atomic E-state index is 11.8. The van der Waals surface area contributed by atoms with Crippen LogP contribution in [0.15, 0.2) is 32.2 Å². The first-order valence-corrected chi connectivity index (χ1v) is 7.62. The Kier molecular flexibility index (Phi) is 4.09. The monoisotopic (exact) mass is 334 g/mol. The lowest BCUT2D eigenvalue weighted by atomic mass is 10.1. The van der Waals surface area contributed by atoms with Crippen LogP contribution in [0.1, 0.15) is 20.3 Å². The van der Waals surface area contributed by atoms with Gasteiger partial charge in [-0.2, -0.15) is 4.98 Å². The molecular weight excluding hydrogens is 320 g/mol. The number of hydrogen-bond acceptors (Lipinski definition) is 5. The van der Waals surface area contributed by atoms with Crippen molar-refractivity contribution in [2.45, 2.75) is 20.3 Å². The minimum absolute atomic E-state index is 0.0486. The zero-order valence-corrected chi connectivity index (χ0v) is 13.4. The van der Waals surface area contributed by atoms with Crippen LogP contribution in [-0.2, 0) is 0 Å². The number of aromatic amines is 1. The van der Waals surface area contributed by atoms with Crippen LogP contribution >= 0.6 is 11.6 Å². The van der Waals surface area contributed by atoms with Gasteiger partial charge in [-0.15, -0.1) is 0 Å². The van der Waals surface area contributed by atoms with Crippen molar-refractivity contribution in [3.8, 4) is 17.2 Å². The topological polar surface area (TPSA) is 85.2 Å². The van der Waals surface area contributed by atoms with E-state index in [0.717, 1.165) is 6.42 Å². The Morgan fingerprint density at radius 3 is 2.87 bits per heavy atom. The minimum atomic E-state index is -0.758. The van der Waals surface area contributed by atoms with Gasteiger partial charge >= 0.3 is 5.69 Å². The van der Waals surface area contributed by atoms with Crippen molar-refractivity contribution in [2.75, 3.05) is 6.61 Å². The summed E-state index contributed by atoms with van der Waals surface area (Å²) >= 11 is 6.33. The number of benzene rings is 1. The third-order valence-corrected chi connectivity index (χ3v) is 3.80. The Bertz CT molecular complexity index is 945. The fourth-order valence-electron chi connectivity index (χ4n) is 2.19. The molecule has 0 unspecified atom stereocenters. The highest BCUT2D eigenvalue weighted by atomic mass is 35.5. The number of ether oxygens (including phenoxy) is 1. The van der Waals surface area contributed by atoms with Crippen molar-refractivity contribution in [3.63, 3.8) is 0 Å². The zero-order valence-electron chi connectivity index (χ0n) is 12.7. The number of H-pyrrole nitrogens is 1. The molecule has 0 saturated heterocycles. The largest absolute Gasteiger partial charge is 0.492 e. The molecular formula is C16H15ClN2O4. The molecule has 120 valence electrons. The molecule has 0 radical (unpaired) electrons. The Morgan fingerprint density at radius 2 is 2.13 bits per heavy atom. The van der Waals surface area contributed by atoms with Gasteiger partial charge in [-0.1, -0.05) is 25.4 Å². The van der Waals surface area contributed by atoms with Crippen LogP contribution in [0, 0.1) is 5.92 Å². The molecule has 2 heterocycles. The van der Waals surface area contributed by atoms with Crippen molar-refractivity contribution in [1.82, 2.24) is 9.97 Å². The van der Waals surface area contributed by atoms with Gasteiger partial charge in [0.05, 0.1) is 6.61 Å². The quantitative estimate of drug-likeness (QED) is 0.741. The molecule has 1 N–H and O–H groups in total. The molecule has 23 heavy (non-hydrogen) atoms. The van der Waals surface area contributed by atoms with Crippen LogP contribution in [-0.4, -0.2) is 16.6 Å². The second-order valence-corrected chi connectivity index (χ2v) is 6.04. The third-order valence-electron chi connectivity index (χ3n) is 3.44. The lowest BCUT2D eigenvalue weighted by Gasteiger charge is -2.11. The lowest BCUT2D eigenvalue weighted by molar-refractivity contribution is 0.289. The molecule has 0 fully saturated rings. The number of nitrogens with zero attached hydrogens (tertiary/aromatic N) is 1. The molecule has 1 aromatic carbocycles. The Labute approximate surface area is 136 Å². The van der Waals surface area contributed by atoms with Crippen LogP contribution in [0.2, 0.25) is 5.02 Å². The number of fused-ring (bicyclic) bond motifs is 2. The number of aromatic nitrogens is 2. The summed E-state index contributed by atoms with van der Waals surface area (Å²) in [6.45, 7) is 4.76. The summed E-state index contributed by atoms with van der Waals surface area (Å²) in [4.78, 5) is 28.9. The second-order valence-electron chi connectivity index (χ2n) is 5.66. The fourth-order valence-corrected chi connectivity index (χ4v) is 2.45. The Balaban J connectivity index is 2.10. The van der Waals surface area contributed by atoms with E-state index in [0.29, 0.717) is 34.3 Å². The zero-order chi connectivity index (χ0) is 16.6. The van der Waals surface area contributed by atoms with E-state index in [9.17, 15) is 9.59 Å². The highest BCUT2D eigenvalue weighted by Crippen LogP contribution is 2.35. The van der Waals surface area contributed by atoms with Gasteiger partial charge < -0.3 is 9.15 Å². The van der Waals surface area contributed by atoms with Gasteiger partial charge in [-0.05, 0) is 30.5 Å². The van der Waals surface area contributed by atoms with Crippen molar-refractivity contribution in [1.29, 1.82) is 0 Å². The number of rotatable bonds is 4. The highest BCUT2D eigenvalue weighted by Gasteiger charge is 2.17. The first-order chi connectivity index (χ1) is 11.0. The summed E-state index contributed by atoms with van der Waals surface area (Å²) in [5, 5.41) is 0.923. The summed E-state index contributed by atoms with van der Waals surface area (Å²) in [6, 6.07) is 5.07. The van der Waals surface area contributed by atoms with E-state index in [-0.39, 0.29) is 11.5 Å².